The van der Waals surface area contributed by atoms with Crippen LogP contribution >= 0.6 is 22.3 Å². The Morgan fingerprint density at radius 1 is 1.44 bits per heavy atom. The number of halogens is 3. The van der Waals surface area contributed by atoms with E-state index in [1.54, 1.807) is 0 Å². The third-order valence-corrected chi connectivity index (χ3v) is 3.78. The van der Waals surface area contributed by atoms with Gasteiger partial charge in [-0.1, -0.05) is 18.5 Å². The zero-order valence-corrected chi connectivity index (χ0v) is 11.7. The lowest BCUT2D eigenvalue weighted by molar-refractivity contribution is 0.0953. The van der Waals surface area contributed by atoms with E-state index in [2.05, 4.69) is 5.32 Å². The molecule has 0 heterocycles. The van der Waals surface area contributed by atoms with Crippen molar-refractivity contribution < 1.29 is 17.6 Å². The normalized spacial score (nSPS) is 11.3. The van der Waals surface area contributed by atoms with Gasteiger partial charge in [0, 0.05) is 17.2 Å². The number of amides is 1. The van der Waals surface area contributed by atoms with Gasteiger partial charge in [0.25, 0.3) is 15.0 Å². The Bertz CT molecular complexity index is 575. The molecule has 1 rings (SSSR count). The van der Waals surface area contributed by atoms with Gasteiger partial charge in [0.05, 0.1) is 15.5 Å². The highest BCUT2D eigenvalue weighted by Crippen LogP contribution is 2.26. The molecule has 0 spiro atoms. The number of carbonyl (C=O) groups is 1. The number of nitrogens with one attached hydrogen (secondary N) is 1. The van der Waals surface area contributed by atoms with E-state index in [4.69, 9.17) is 22.3 Å². The third-order valence-electron chi connectivity index (χ3n) is 2.06. The summed E-state index contributed by atoms with van der Waals surface area (Å²) in [6.45, 7) is 2.21. The van der Waals surface area contributed by atoms with E-state index in [1.165, 1.54) is 0 Å². The van der Waals surface area contributed by atoms with Crippen molar-refractivity contribution in [3.63, 3.8) is 0 Å². The average molecular weight is 314 g/mol. The van der Waals surface area contributed by atoms with Gasteiger partial charge in [0.1, 0.15) is 5.82 Å². The highest BCUT2D eigenvalue weighted by atomic mass is 35.7. The molecule has 0 aliphatic carbocycles. The summed E-state index contributed by atoms with van der Waals surface area (Å²) in [5.74, 6) is -1.66. The van der Waals surface area contributed by atoms with Gasteiger partial charge in [-0.2, -0.15) is 0 Å². The summed E-state index contributed by atoms with van der Waals surface area (Å²) in [6, 6.07) is 1.61. The zero-order chi connectivity index (χ0) is 13.9. The van der Waals surface area contributed by atoms with Gasteiger partial charge in [-0.05, 0) is 18.6 Å². The molecule has 1 amide bonds. The van der Waals surface area contributed by atoms with Crippen LogP contribution < -0.4 is 5.32 Å². The fourth-order valence-corrected chi connectivity index (χ4v) is 2.17. The van der Waals surface area contributed by atoms with E-state index in [9.17, 15) is 17.6 Å². The van der Waals surface area contributed by atoms with Crippen molar-refractivity contribution in [1.82, 2.24) is 5.32 Å². The summed E-state index contributed by atoms with van der Waals surface area (Å²) < 4.78 is 35.6. The second-order valence-electron chi connectivity index (χ2n) is 3.46. The molecule has 0 atom stereocenters. The average Bonchev–Trinajstić information content (AvgIpc) is 2.27. The summed E-state index contributed by atoms with van der Waals surface area (Å²) in [6.07, 6.45) is 0.680. The molecular weight excluding hydrogens is 304 g/mol. The SMILES string of the molecule is CCCNC(=O)c1cc(S(=O)(=O)Cl)cc(F)c1Cl. The molecular formula is C10H10Cl2FNO3S. The fourth-order valence-electron chi connectivity index (χ4n) is 1.20. The molecule has 0 saturated heterocycles. The van der Waals surface area contributed by atoms with Crippen LogP contribution in [0.4, 0.5) is 4.39 Å². The topological polar surface area (TPSA) is 63.2 Å². The van der Waals surface area contributed by atoms with Crippen molar-refractivity contribution in [2.45, 2.75) is 18.2 Å². The standard InChI is InChI=1S/C10H10Cl2FNO3S/c1-2-3-14-10(15)7-4-6(18(12,16)17)5-8(13)9(7)11/h4-5H,2-3H2,1H3,(H,14,15). The lowest BCUT2D eigenvalue weighted by Crippen LogP contribution is -2.24. The Kier molecular flexibility index (Phi) is 4.95. The molecule has 0 unspecified atom stereocenters. The van der Waals surface area contributed by atoms with Crippen LogP contribution in [-0.2, 0) is 9.05 Å². The van der Waals surface area contributed by atoms with E-state index < -0.39 is 30.7 Å². The molecule has 18 heavy (non-hydrogen) atoms. The van der Waals surface area contributed by atoms with Gasteiger partial charge in [-0.25, -0.2) is 12.8 Å². The van der Waals surface area contributed by atoms with Crippen LogP contribution in [-0.4, -0.2) is 20.9 Å². The molecule has 1 aromatic carbocycles. The molecule has 0 saturated carbocycles. The van der Waals surface area contributed by atoms with E-state index >= 15 is 0 Å². The molecule has 0 radical (unpaired) electrons. The first-order valence-corrected chi connectivity index (χ1v) is 7.68. The van der Waals surface area contributed by atoms with E-state index in [0.717, 1.165) is 6.07 Å². The maximum atomic E-state index is 13.4. The number of hydrogen-bond acceptors (Lipinski definition) is 3. The molecule has 8 heteroatoms. The smallest absolute Gasteiger partial charge is 0.261 e. The predicted octanol–water partition coefficient (Wildman–Crippen LogP) is 2.55. The first-order chi connectivity index (χ1) is 8.27. The molecule has 0 aromatic heterocycles. The molecule has 1 aromatic rings. The molecule has 0 fully saturated rings. The summed E-state index contributed by atoms with van der Waals surface area (Å²) in [5.41, 5.74) is -0.260. The van der Waals surface area contributed by atoms with Gasteiger partial charge in [-0.3, -0.25) is 4.79 Å². The van der Waals surface area contributed by atoms with Gasteiger partial charge >= 0.3 is 0 Å². The van der Waals surface area contributed by atoms with Gasteiger partial charge in [-0.15, -0.1) is 0 Å². The number of hydrogen-bond donors (Lipinski definition) is 1. The molecule has 1 N–H and O–H groups in total. The number of benzene rings is 1. The van der Waals surface area contributed by atoms with E-state index in [-0.39, 0.29) is 5.56 Å². The van der Waals surface area contributed by atoms with Gasteiger partial charge < -0.3 is 5.32 Å². The number of carbonyl (C=O) groups excluding carboxylic acids is 1. The molecule has 0 bridgehead atoms. The highest BCUT2D eigenvalue weighted by Gasteiger charge is 2.20. The molecule has 0 aliphatic heterocycles. The van der Waals surface area contributed by atoms with Crippen molar-refractivity contribution in [2.75, 3.05) is 6.54 Å². The second kappa shape index (κ2) is 5.86. The Morgan fingerprint density at radius 3 is 2.56 bits per heavy atom. The lowest BCUT2D eigenvalue weighted by atomic mass is 10.2. The largest absolute Gasteiger partial charge is 0.352 e. The van der Waals surface area contributed by atoms with E-state index in [0.29, 0.717) is 19.0 Å². The van der Waals surface area contributed by atoms with Crippen LogP contribution in [0.25, 0.3) is 0 Å². The van der Waals surface area contributed by atoms with Crippen molar-refractivity contribution in [1.29, 1.82) is 0 Å². The minimum Gasteiger partial charge on any atom is -0.352 e. The third kappa shape index (κ3) is 3.57. The first-order valence-electron chi connectivity index (χ1n) is 4.99. The van der Waals surface area contributed by atoms with Crippen molar-refractivity contribution in [3.05, 3.63) is 28.5 Å². The molecule has 100 valence electrons. The van der Waals surface area contributed by atoms with Crippen molar-refractivity contribution in [2.24, 2.45) is 0 Å². The Balaban J connectivity index is 3.27. The zero-order valence-electron chi connectivity index (χ0n) is 9.34. The summed E-state index contributed by atoms with van der Waals surface area (Å²) in [7, 11) is 0.970. The maximum Gasteiger partial charge on any atom is 0.261 e. The van der Waals surface area contributed by atoms with Gasteiger partial charge in [0.15, 0.2) is 0 Å². The molecule has 0 aliphatic rings. The van der Waals surface area contributed by atoms with Crippen LogP contribution in [0.1, 0.15) is 23.7 Å². The minimum atomic E-state index is -4.13. The fraction of sp³-hybridized carbons (Fsp3) is 0.300. The Morgan fingerprint density at radius 2 is 2.06 bits per heavy atom. The predicted molar refractivity (Wildman–Crippen MR) is 67.1 cm³/mol. The van der Waals surface area contributed by atoms with Crippen LogP contribution in [0.3, 0.4) is 0 Å². The Hall–Kier alpha value is -0.850. The first kappa shape index (κ1) is 15.2. The van der Waals surface area contributed by atoms with Crippen LogP contribution in [0.5, 0.6) is 0 Å². The van der Waals surface area contributed by atoms with Crippen LogP contribution in [0.2, 0.25) is 5.02 Å². The monoisotopic (exact) mass is 313 g/mol. The lowest BCUT2D eigenvalue weighted by Gasteiger charge is -2.07. The second-order valence-corrected chi connectivity index (χ2v) is 6.40. The molecule has 4 nitrogen and oxygen atoms in total. The van der Waals surface area contributed by atoms with Crippen LogP contribution in [0, 0.1) is 5.82 Å². The summed E-state index contributed by atoms with van der Waals surface area (Å²) in [4.78, 5) is 11.1. The van der Waals surface area contributed by atoms with Crippen molar-refractivity contribution >= 4 is 37.2 Å². The number of rotatable bonds is 4. The van der Waals surface area contributed by atoms with Crippen molar-refractivity contribution in [3.8, 4) is 0 Å². The quantitative estimate of drug-likeness (QED) is 0.869. The summed E-state index contributed by atoms with van der Waals surface area (Å²) in [5, 5.41) is 2.03. The van der Waals surface area contributed by atoms with E-state index in [1.807, 2.05) is 6.92 Å². The maximum absolute atomic E-state index is 13.4. The van der Waals surface area contributed by atoms with Crippen LogP contribution in [0.15, 0.2) is 17.0 Å². The minimum absolute atomic E-state index is 0.260. The Labute approximate surface area is 114 Å². The highest BCUT2D eigenvalue weighted by molar-refractivity contribution is 8.13. The summed E-state index contributed by atoms with van der Waals surface area (Å²) >= 11 is 5.62. The van der Waals surface area contributed by atoms with Gasteiger partial charge in [0.2, 0.25) is 0 Å².